The van der Waals surface area contributed by atoms with E-state index in [9.17, 15) is 18.4 Å². The quantitative estimate of drug-likeness (QED) is 0.313. The lowest BCUT2D eigenvalue weighted by Gasteiger charge is -2.13. The average molecular weight is 484 g/mol. The molecule has 0 unspecified atom stereocenters. The molecule has 0 aliphatic rings. The maximum Gasteiger partial charge on any atom is 0.416 e. The van der Waals surface area contributed by atoms with Crippen molar-refractivity contribution in [3.63, 3.8) is 0 Å². The van der Waals surface area contributed by atoms with Crippen LogP contribution in [-0.4, -0.2) is 32.2 Å². The highest BCUT2D eigenvalue weighted by atomic mass is 32.2. The molecule has 2 aromatic carbocycles. The van der Waals surface area contributed by atoms with Crippen LogP contribution in [0.2, 0.25) is 0 Å². The van der Waals surface area contributed by atoms with Gasteiger partial charge in [-0.05, 0) is 62.6 Å². The van der Waals surface area contributed by atoms with Crippen LogP contribution < -0.4 is 4.74 Å². The van der Waals surface area contributed by atoms with E-state index in [1.54, 1.807) is 53.6 Å². The standard InChI is InChI=1S/C24H20F3N5OS/c1-4-33-23-30-22(15(2)31(23)18-7-5-6-17(13-18)24(25,26)27)20-10-11-29-32(20)19-9-8-16(14-28)12-21(19)34-3/h5-13H,4H2,1-3H3. The molecule has 0 saturated carbocycles. The molecule has 0 radical (unpaired) electrons. The average Bonchev–Trinajstić information content (AvgIpc) is 3.42. The number of alkyl halides is 3. The molecule has 4 aromatic rings. The molecule has 0 aliphatic heterocycles. The molecule has 34 heavy (non-hydrogen) atoms. The lowest BCUT2D eigenvalue weighted by molar-refractivity contribution is -0.137. The van der Waals surface area contributed by atoms with E-state index in [2.05, 4.69) is 16.2 Å². The molecule has 6 nitrogen and oxygen atoms in total. The van der Waals surface area contributed by atoms with Crippen LogP contribution in [-0.2, 0) is 6.18 Å². The van der Waals surface area contributed by atoms with Crippen molar-refractivity contribution in [2.45, 2.75) is 24.9 Å². The van der Waals surface area contributed by atoms with Gasteiger partial charge in [0.05, 0.1) is 52.8 Å². The number of hydrogen-bond donors (Lipinski definition) is 0. The second-order valence-electron chi connectivity index (χ2n) is 7.27. The molecule has 0 aliphatic carbocycles. The maximum absolute atomic E-state index is 13.3. The lowest BCUT2D eigenvalue weighted by atomic mass is 10.2. The molecule has 0 spiro atoms. The summed E-state index contributed by atoms with van der Waals surface area (Å²) in [5.74, 6) is 0. The summed E-state index contributed by atoms with van der Waals surface area (Å²) in [7, 11) is 0. The van der Waals surface area contributed by atoms with Crippen LogP contribution in [0.15, 0.2) is 59.6 Å². The summed E-state index contributed by atoms with van der Waals surface area (Å²) >= 11 is 1.48. The molecule has 10 heteroatoms. The fourth-order valence-electron chi connectivity index (χ4n) is 3.67. The summed E-state index contributed by atoms with van der Waals surface area (Å²) in [4.78, 5) is 5.48. The summed E-state index contributed by atoms with van der Waals surface area (Å²) in [6.07, 6.45) is -0.938. The van der Waals surface area contributed by atoms with Gasteiger partial charge in [-0.3, -0.25) is 4.57 Å². The SMILES string of the molecule is CCOc1nc(-c2ccnn2-c2ccc(C#N)cc2SC)c(C)n1-c1cccc(C(F)(F)F)c1. The Morgan fingerprint density at radius 1 is 1.15 bits per heavy atom. The van der Waals surface area contributed by atoms with Gasteiger partial charge in [0, 0.05) is 4.90 Å². The summed E-state index contributed by atoms with van der Waals surface area (Å²) in [5.41, 5.74) is 2.60. The Balaban J connectivity index is 1.89. The second kappa shape index (κ2) is 9.27. The van der Waals surface area contributed by atoms with E-state index in [0.717, 1.165) is 22.7 Å². The van der Waals surface area contributed by atoms with E-state index in [1.165, 1.54) is 17.8 Å². The highest BCUT2D eigenvalue weighted by Crippen LogP contribution is 2.35. The summed E-state index contributed by atoms with van der Waals surface area (Å²) < 4.78 is 49.0. The van der Waals surface area contributed by atoms with E-state index < -0.39 is 11.7 Å². The predicted octanol–water partition coefficient (Wildman–Crippen LogP) is 6.04. The Kier molecular flexibility index (Phi) is 6.39. The minimum atomic E-state index is -4.47. The Hall–Kier alpha value is -3.71. The van der Waals surface area contributed by atoms with Crippen LogP contribution in [0, 0.1) is 18.3 Å². The number of nitrogens with zero attached hydrogens (tertiary/aromatic N) is 5. The normalized spacial score (nSPS) is 11.4. The zero-order chi connectivity index (χ0) is 24.5. The Morgan fingerprint density at radius 2 is 1.94 bits per heavy atom. The molecule has 0 N–H and O–H groups in total. The Morgan fingerprint density at radius 3 is 2.62 bits per heavy atom. The zero-order valence-corrected chi connectivity index (χ0v) is 19.4. The van der Waals surface area contributed by atoms with Crippen LogP contribution in [0.25, 0.3) is 22.8 Å². The van der Waals surface area contributed by atoms with E-state index in [0.29, 0.717) is 34.9 Å². The van der Waals surface area contributed by atoms with Crippen molar-refractivity contribution in [1.82, 2.24) is 19.3 Å². The molecule has 0 amide bonds. The van der Waals surface area contributed by atoms with Crippen LogP contribution in [0.4, 0.5) is 13.2 Å². The third kappa shape index (κ3) is 4.26. The smallest absolute Gasteiger partial charge is 0.416 e. The fraction of sp³-hybridized carbons (Fsp3) is 0.208. The molecule has 0 bridgehead atoms. The number of rotatable bonds is 6. The molecule has 0 fully saturated rings. The fourth-order valence-corrected chi connectivity index (χ4v) is 4.28. The van der Waals surface area contributed by atoms with Gasteiger partial charge in [0.1, 0.15) is 5.69 Å². The monoisotopic (exact) mass is 483 g/mol. The van der Waals surface area contributed by atoms with Gasteiger partial charge in [0.15, 0.2) is 0 Å². The van der Waals surface area contributed by atoms with E-state index in [1.807, 2.05) is 12.3 Å². The third-order valence-electron chi connectivity index (χ3n) is 5.20. The number of imidazole rings is 1. The minimum Gasteiger partial charge on any atom is -0.465 e. The van der Waals surface area contributed by atoms with Gasteiger partial charge in [-0.1, -0.05) is 6.07 Å². The van der Waals surface area contributed by atoms with E-state index >= 15 is 0 Å². The summed E-state index contributed by atoms with van der Waals surface area (Å²) in [6, 6.07) is 14.4. The Labute approximate surface area is 198 Å². The maximum atomic E-state index is 13.3. The first kappa shape index (κ1) is 23.4. The highest BCUT2D eigenvalue weighted by Gasteiger charge is 2.31. The topological polar surface area (TPSA) is 68.7 Å². The highest BCUT2D eigenvalue weighted by molar-refractivity contribution is 7.98. The first-order chi connectivity index (χ1) is 16.3. The molecule has 0 saturated heterocycles. The summed E-state index contributed by atoms with van der Waals surface area (Å²) in [5, 5.41) is 13.7. The molecule has 174 valence electrons. The van der Waals surface area contributed by atoms with Gasteiger partial charge >= 0.3 is 12.2 Å². The van der Waals surface area contributed by atoms with E-state index in [4.69, 9.17) is 4.74 Å². The molecule has 2 heterocycles. The number of benzene rings is 2. The van der Waals surface area contributed by atoms with Crippen LogP contribution in [0.5, 0.6) is 6.01 Å². The number of thioether (sulfide) groups is 1. The minimum absolute atomic E-state index is 0.187. The number of nitriles is 1. The van der Waals surface area contributed by atoms with Crippen LogP contribution in [0.1, 0.15) is 23.7 Å². The first-order valence-electron chi connectivity index (χ1n) is 10.3. The second-order valence-corrected chi connectivity index (χ2v) is 8.12. The first-order valence-corrected chi connectivity index (χ1v) is 11.5. The van der Waals surface area contributed by atoms with Crippen molar-refractivity contribution in [2.75, 3.05) is 12.9 Å². The largest absolute Gasteiger partial charge is 0.465 e. The van der Waals surface area contributed by atoms with Crippen molar-refractivity contribution >= 4 is 11.8 Å². The van der Waals surface area contributed by atoms with Gasteiger partial charge in [0.2, 0.25) is 0 Å². The van der Waals surface area contributed by atoms with Crippen molar-refractivity contribution in [2.24, 2.45) is 0 Å². The number of ether oxygens (including phenoxy) is 1. The van der Waals surface area contributed by atoms with Crippen molar-refractivity contribution in [1.29, 1.82) is 5.26 Å². The van der Waals surface area contributed by atoms with Gasteiger partial charge in [0.25, 0.3) is 0 Å². The van der Waals surface area contributed by atoms with Crippen molar-refractivity contribution in [3.8, 4) is 34.8 Å². The van der Waals surface area contributed by atoms with Gasteiger partial charge in [-0.15, -0.1) is 11.8 Å². The zero-order valence-electron chi connectivity index (χ0n) is 18.6. The molecule has 2 aromatic heterocycles. The van der Waals surface area contributed by atoms with E-state index in [-0.39, 0.29) is 6.01 Å². The van der Waals surface area contributed by atoms with Crippen LogP contribution in [0.3, 0.4) is 0 Å². The number of hydrogen-bond acceptors (Lipinski definition) is 5. The van der Waals surface area contributed by atoms with Gasteiger partial charge < -0.3 is 4.74 Å². The third-order valence-corrected chi connectivity index (χ3v) is 5.97. The Bertz CT molecular complexity index is 1380. The van der Waals surface area contributed by atoms with Gasteiger partial charge in [-0.25, -0.2) is 4.68 Å². The molecule has 4 rings (SSSR count). The lowest BCUT2D eigenvalue weighted by Crippen LogP contribution is -2.08. The van der Waals surface area contributed by atoms with Crippen molar-refractivity contribution in [3.05, 3.63) is 71.5 Å². The summed E-state index contributed by atoms with van der Waals surface area (Å²) in [6.45, 7) is 3.85. The van der Waals surface area contributed by atoms with Crippen LogP contribution >= 0.6 is 11.8 Å². The molecule has 0 atom stereocenters. The number of halogens is 3. The number of aromatic nitrogens is 4. The molecular formula is C24H20F3N5OS. The molecular weight excluding hydrogens is 463 g/mol. The van der Waals surface area contributed by atoms with Gasteiger partial charge in [-0.2, -0.15) is 28.5 Å². The van der Waals surface area contributed by atoms with Crippen molar-refractivity contribution < 1.29 is 17.9 Å². The predicted molar refractivity (Wildman–Crippen MR) is 124 cm³/mol.